The third kappa shape index (κ3) is 2.75. The summed E-state index contributed by atoms with van der Waals surface area (Å²) in [5.74, 6) is 1.89. The van der Waals surface area contributed by atoms with Crippen LogP contribution in [0, 0.1) is 0 Å². The van der Waals surface area contributed by atoms with E-state index in [0.717, 1.165) is 49.2 Å². The zero-order valence-corrected chi connectivity index (χ0v) is 12.0. The molecule has 0 radical (unpaired) electrons. The van der Waals surface area contributed by atoms with Gasteiger partial charge in [-0.2, -0.15) is 0 Å². The van der Waals surface area contributed by atoms with Crippen molar-refractivity contribution in [3.05, 3.63) is 23.3 Å². The van der Waals surface area contributed by atoms with Crippen molar-refractivity contribution in [2.45, 2.75) is 38.3 Å². The zero-order chi connectivity index (χ0) is 13.9. The number of hydrogen-bond acceptors (Lipinski definition) is 3. The maximum atomic E-state index is 14.0. The number of ether oxygens (including phenoxy) is 2. The topological polar surface area (TPSA) is 30.5 Å². The van der Waals surface area contributed by atoms with Crippen molar-refractivity contribution >= 4 is 0 Å². The summed E-state index contributed by atoms with van der Waals surface area (Å²) in [5.41, 5.74) is 1.87. The average molecular weight is 279 g/mol. The lowest BCUT2D eigenvalue weighted by Gasteiger charge is -2.26. The second kappa shape index (κ2) is 6.00. The molecule has 1 saturated heterocycles. The SMILES string of the molecule is CC(F)c1cc2c(cc1C1CCNCC1)OCCCO2. The van der Waals surface area contributed by atoms with Gasteiger partial charge >= 0.3 is 0 Å². The van der Waals surface area contributed by atoms with Crippen LogP contribution in [0.2, 0.25) is 0 Å². The Balaban J connectivity index is 1.99. The molecule has 2 aliphatic heterocycles. The molecule has 2 heterocycles. The number of hydrogen-bond donors (Lipinski definition) is 1. The zero-order valence-electron chi connectivity index (χ0n) is 12.0. The highest BCUT2D eigenvalue weighted by molar-refractivity contribution is 5.49. The van der Waals surface area contributed by atoms with Crippen LogP contribution in [0.4, 0.5) is 4.39 Å². The average Bonchev–Trinajstić information content (AvgIpc) is 2.71. The summed E-state index contributed by atoms with van der Waals surface area (Å²) in [4.78, 5) is 0. The molecular formula is C16H22FNO2. The molecule has 4 heteroatoms. The van der Waals surface area contributed by atoms with Gasteiger partial charge in [-0.3, -0.25) is 0 Å². The lowest BCUT2D eigenvalue weighted by atomic mass is 9.85. The van der Waals surface area contributed by atoms with Gasteiger partial charge in [0.25, 0.3) is 0 Å². The van der Waals surface area contributed by atoms with E-state index in [4.69, 9.17) is 9.47 Å². The molecule has 1 atom stereocenters. The Kier molecular flexibility index (Phi) is 4.10. The van der Waals surface area contributed by atoms with Gasteiger partial charge in [0.05, 0.1) is 13.2 Å². The van der Waals surface area contributed by atoms with Crippen molar-refractivity contribution in [3.8, 4) is 11.5 Å². The normalized spacial score (nSPS) is 21.3. The predicted octanol–water partition coefficient (Wildman–Crippen LogP) is 3.35. The fraction of sp³-hybridized carbons (Fsp3) is 0.625. The molecule has 1 aromatic carbocycles. The summed E-state index contributed by atoms with van der Waals surface area (Å²) in [6.07, 6.45) is 2.01. The number of nitrogens with one attached hydrogen (secondary N) is 1. The molecule has 3 nitrogen and oxygen atoms in total. The maximum Gasteiger partial charge on any atom is 0.161 e. The first-order valence-corrected chi connectivity index (χ1v) is 7.54. The molecule has 1 unspecified atom stereocenters. The van der Waals surface area contributed by atoms with Crippen molar-refractivity contribution in [2.24, 2.45) is 0 Å². The molecule has 2 aliphatic rings. The highest BCUT2D eigenvalue weighted by atomic mass is 19.1. The summed E-state index contributed by atoms with van der Waals surface area (Å²) in [6, 6.07) is 3.87. The van der Waals surface area contributed by atoms with Crippen LogP contribution in [-0.4, -0.2) is 26.3 Å². The number of fused-ring (bicyclic) bond motifs is 1. The van der Waals surface area contributed by atoms with Crippen LogP contribution in [0.5, 0.6) is 11.5 Å². The first-order chi connectivity index (χ1) is 9.75. The van der Waals surface area contributed by atoms with E-state index in [1.807, 2.05) is 12.1 Å². The fourth-order valence-electron chi connectivity index (χ4n) is 3.07. The van der Waals surface area contributed by atoms with Crippen LogP contribution in [-0.2, 0) is 0 Å². The standard InChI is InChI=1S/C16H22FNO2/c1-11(17)13-9-15-16(20-8-2-7-19-15)10-14(13)12-3-5-18-6-4-12/h9-12,18H,2-8H2,1H3. The molecule has 20 heavy (non-hydrogen) atoms. The van der Waals surface area contributed by atoms with E-state index in [1.54, 1.807) is 6.92 Å². The van der Waals surface area contributed by atoms with Crippen molar-refractivity contribution in [1.82, 2.24) is 5.32 Å². The summed E-state index contributed by atoms with van der Waals surface area (Å²) in [5, 5.41) is 3.36. The Bertz CT molecular complexity index is 470. The van der Waals surface area contributed by atoms with Crippen LogP contribution in [0.25, 0.3) is 0 Å². The number of piperidine rings is 1. The van der Waals surface area contributed by atoms with Gasteiger partial charge in [0.1, 0.15) is 6.17 Å². The summed E-state index contributed by atoms with van der Waals surface area (Å²) in [7, 11) is 0. The molecule has 0 spiro atoms. The van der Waals surface area contributed by atoms with Crippen LogP contribution < -0.4 is 14.8 Å². The lowest BCUT2D eigenvalue weighted by molar-refractivity contribution is 0.296. The molecule has 0 bridgehead atoms. The van der Waals surface area contributed by atoms with E-state index >= 15 is 0 Å². The van der Waals surface area contributed by atoms with Gasteiger partial charge in [-0.15, -0.1) is 0 Å². The minimum absolute atomic E-state index is 0.418. The summed E-state index contributed by atoms with van der Waals surface area (Å²) >= 11 is 0. The molecule has 0 saturated carbocycles. The Morgan fingerprint density at radius 1 is 1.15 bits per heavy atom. The summed E-state index contributed by atoms with van der Waals surface area (Å²) < 4.78 is 25.4. The molecule has 0 amide bonds. The molecule has 1 N–H and O–H groups in total. The Morgan fingerprint density at radius 3 is 2.45 bits per heavy atom. The largest absolute Gasteiger partial charge is 0.490 e. The van der Waals surface area contributed by atoms with Gasteiger partial charge in [0, 0.05) is 6.42 Å². The molecule has 1 fully saturated rings. The van der Waals surface area contributed by atoms with E-state index < -0.39 is 6.17 Å². The van der Waals surface area contributed by atoms with Crippen molar-refractivity contribution in [1.29, 1.82) is 0 Å². The molecule has 0 aromatic heterocycles. The van der Waals surface area contributed by atoms with E-state index in [-0.39, 0.29) is 0 Å². The third-order valence-corrected chi connectivity index (χ3v) is 4.16. The smallest absolute Gasteiger partial charge is 0.161 e. The van der Waals surface area contributed by atoms with E-state index in [0.29, 0.717) is 24.9 Å². The number of halogens is 1. The van der Waals surface area contributed by atoms with Gasteiger partial charge in [-0.1, -0.05) is 0 Å². The number of rotatable bonds is 2. The molecule has 110 valence electrons. The van der Waals surface area contributed by atoms with Crippen LogP contribution in [0.1, 0.15) is 49.4 Å². The van der Waals surface area contributed by atoms with E-state index in [2.05, 4.69) is 5.32 Å². The second-order valence-electron chi connectivity index (χ2n) is 5.62. The van der Waals surface area contributed by atoms with Gasteiger partial charge in [0.2, 0.25) is 0 Å². The Morgan fingerprint density at radius 2 is 1.80 bits per heavy atom. The van der Waals surface area contributed by atoms with Crippen LogP contribution >= 0.6 is 0 Å². The van der Waals surface area contributed by atoms with Crippen molar-refractivity contribution in [2.75, 3.05) is 26.3 Å². The van der Waals surface area contributed by atoms with Gasteiger partial charge in [0.15, 0.2) is 11.5 Å². The maximum absolute atomic E-state index is 14.0. The predicted molar refractivity (Wildman–Crippen MR) is 76.4 cm³/mol. The highest BCUT2D eigenvalue weighted by Gasteiger charge is 2.24. The molecule has 1 aromatic rings. The summed E-state index contributed by atoms with van der Waals surface area (Å²) in [6.45, 7) is 4.91. The minimum atomic E-state index is -0.975. The fourth-order valence-corrected chi connectivity index (χ4v) is 3.07. The Labute approximate surface area is 119 Å². The van der Waals surface area contributed by atoms with Crippen molar-refractivity contribution in [3.63, 3.8) is 0 Å². The van der Waals surface area contributed by atoms with Crippen LogP contribution in [0.15, 0.2) is 12.1 Å². The first-order valence-electron chi connectivity index (χ1n) is 7.54. The number of alkyl halides is 1. The minimum Gasteiger partial charge on any atom is -0.490 e. The molecular weight excluding hydrogens is 257 g/mol. The Hall–Kier alpha value is -1.29. The third-order valence-electron chi connectivity index (χ3n) is 4.16. The van der Waals surface area contributed by atoms with Gasteiger partial charge in [-0.25, -0.2) is 4.39 Å². The highest BCUT2D eigenvalue weighted by Crippen LogP contribution is 2.40. The van der Waals surface area contributed by atoms with Gasteiger partial charge in [-0.05, 0) is 62.0 Å². The second-order valence-corrected chi connectivity index (χ2v) is 5.62. The van der Waals surface area contributed by atoms with Crippen LogP contribution in [0.3, 0.4) is 0 Å². The lowest BCUT2D eigenvalue weighted by Crippen LogP contribution is -2.27. The molecule has 0 aliphatic carbocycles. The quantitative estimate of drug-likeness (QED) is 0.900. The van der Waals surface area contributed by atoms with E-state index in [9.17, 15) is 4.39 Å². The monoisotopic (exact) mass is 279 g/mol. The van der Waals surface area contributed by atoms with E-state index in [1.165, 1.54) is 0 Å². The first kappa shape index (κ1) is 13.7. The molecule has 3 rings (SSSR count). The van der Waals surface area contributed by atoms with Gasteiger partial charge < -0.3 is 14.8 Å². The van der Waals surface area contributed by atoms with Crippen molar-refractivity contribution < 1.29 is 13.9 Å². The number of benzene rings is 1.